The number of benzene rings is 2. The van der Waals surface area contributed by atoms with Crippen LogP contribution in [0, 0.1) is 0 Å². The number of piperidine rings is 1. The first-order chi connectivity index (χ1) is 12.8. The van der Waals surface area contributed by atoms with Crippen LogP contribution in [0.4, 0.5) is 0 Å². The van der Waals surface area contributed by atoms with Crippen LogP contribution in [0.15, 0.2) is 60.8 Å². The topological polar surface area (TPSA) is 41.1 Å². The summed E-state index contributed by atoms with van der Waals surface area (Å²) in [6.07, 6.45) is 4.30. The van der Waals surface area contributed by atoms with Gasteiger partial charge in [0.25, 0.3) is 0 Å². The standard InChI is InChI=1S/C22H25N3O/c1-26-21-10-6-5-9-20(21)17-11-13-25(14-12-17)16-19-15-23-24-22(19)18-7-3-2-4-8-18/h2-10,15,17H,11-14,16H2,1H3,(H,23,24). The molecule has 1 aliphatic heterocycles. The van der Waals surface area contributed by atoms with Gasteiger partial charge in [-0.15, -0.1) is 0 Å². The van der Waals surface area contributed by atoms with Crippen molar-refractivity contribution in [3.05, 3.63) is 71.9 Å². The Morgan fingerprint density at radius 1 is 1.04 bits per heavy atom. The number of para-hydroxylation sites is 1. The third kappa shape index (κ3) is 3.51. The van der Waals surface area contributed by atoms with Gasteiger partial charge in [-0.2, -0.15) is 5.10 Å². The number of rotatable bonds is 5. The fourth-order valence-corrected chi connectivity index (χ4v) is 3.93. The maximum Gasteiger partial charge on any atom is 0.122 e. The summed E-state index contributed by atoms with van der Waals surface area (Å²) in [7, 11) is 1.76. The Morgan fingerprint density at radius 2 is 1.77 bits per heavy atom. The van der Waals surface area contributed by atoms with Crippen molar-refractivity contribution in [2.75, 3.05) is 20.2 Å². The maximum atomic E-state index is 5.55. The summed E-state index contributed by atoms with van der Waals surface area (Å²) in [5.41, 5.74) is 4.95. The molecule has 2 heterocycles. The SMILES string of the molecule is COc1ccccc1C1CCN(Cc2cn[nH]c2-c2ccccc2)CC1. The van der Waals surface area contributed by atoms with Gasteiger partial charge in [-0.05, 0) is 49.0 Å². The largest absolute Gasteiger partial charge is 0.496 e. The molecular formula is C22H25N3O. The lowest BCUT2D eigenvalue weighted by Crippen LogP contribution is -2.32. The van der Waals surface area contributed by atoms with Crippen molar-refractivity contribution in [3.8, 4) is 17.0 Å². The van der Waals surface area contributed by atoms with Crippen LogP contribution < -0.4 is 4.74 Å². The molecule has 0 unspecified atom stereocenters. The van der Waals surface area contributed by atoms with E-state index in [1.807, 2.05) is 18.3 Å². The molecule has 0 bridgehead atoms. The first-order valence-corrected chi connectivity index (χ1v) is 9.28. The molecule has 2 aromatic carbocycles. The highest BCUT2D eigenvalue weighted by Gasteiger charge is 2.23. The van der Waals surface area contributed by atoms with E-state index in [0.29, 0.717) is 5.92 Å². The monoisotopic (exact) mass is 347 g/mol. The van der Waals surface area contributed by atoms with Crippen molar-refractivity contribution < 1.29 is 4.74 Å². The van der Waals surface area contributed by atoms with E-state index in [4.69, 9.17) is 4.74 Å². The van der Waals surface area contributed by atoms with Gasteiger partial charge in [0.05, 0.1) is 19.0 Å². The molecule has 3 aromatic rings. The highest BCUT2D eigenvalue weighted by atomic mass is 16.5. The van der Waals surface area contributed by atoms with E-state index < -0.39 is 0 Å². The Balaban J connectivity index is 1.42. The lowest BCUT2D eigenvalue weighted by molar-refractivity contribution is 0.203. The van der Waals surface area contributed by atoms with E-state index in [1.165, 1.54) is 29.5 Å². The molecule has 4 rings (SSSR count). The van der Waals surface area contributed by atoms with E-state index in [-0.39, 0.29) is 0 Å². The second kappa shape index (κ2) is 7.75. The Kier molecular flexibility index (Phi) is 5.02. The quantitative estimate of drug-likeness (QED) is 0.740. The summed E-state index contributed by atoms with van der Waals surface area (Å²) in [5, 5.41) is 7.45. The zero-order valence-electron chi connectivity index (χ0n) is 15.2. The summed E-state index contributed by atoms with van der Waals surface area (Å²) in [6.45, 7) is 3.14. The molecule has 4 heteroatoms. The number of hydrogen-bond acceptors (Lipinski definition) is 3. The molecule has 0 saturated carbocycles. The lowest BCUT2D eigenvalue weighted by atomic mass is 9.88. The summed E-state index contributed by atoms with van der Waals surface area (Å²) in [6, 6.07) is 18.9. The molecule has 0 spiro atoms. The predicted octanol–water partition coefficient (Wildman–Crippen LogP) is 4.46. The zero-order valence-corrected chi connectivity index (χ0v) is 15.2. The van der Waals surface area contributed by atoms with Crippen molar-refractivity contribution in [2.24, 2.45) is 0 Å². The van der Waals surface area contributed by atoms with Gasteiger partial charge in [-0.3, -0.25) is 10.00 Å². The molecule has 4 nitrogen and oxygen atoms in total. The molecule has 1 N–H and O–H groups in total. The van der Waals surface area contributed by atoms with Gasteiger partial charge in [0.2, 0.25) is 0 Å². The van der Waals surface area contributed by atoms with Crippen LogP contribution >= 0.6 is 0 Å². The summed E-state index contributed by atoms with van der Waals surface area (Å²) < 4.78 is 5.55. The molecule has 0 radical (unpaired) electrons. The van der Waals surface area contributed by atoms with E-state index >= 15 is 0 Å². The predicted molar refractivity (Wildman–Crippen MR) is 104 cm³/mol. The molecule has 1 aromatic heterocycles. The van der Waals surface area contributed by atoms with Gasteiger partial charge in [0.1, 0.15) is 5.75 Å². The average Bonchev–Trinajstić information content (AvgIpc) is 3.17. The minimum atomic E-state index is 0.584. The Labute approximate surface area is 154 Å². The minimum Gasteiger partial charge on any atom is -0.496 e. The molecule has 0 amide bonds. The van der Waals surface area contributed by atoms with Gasteiger partial charge in [-0.1, -0.05) is 48.5 Å². The third-order valence-electron chi connectivity index (χ3n) is 5.34. The zero-order chi connectivity index (χ0) is 17.8. The molecule has 0 atom stereocenters. The molecule has 26 heavy (non-hydrogen) atoms. The number of aromatic amines is 1. The minimum absolute atomic E-state index is 0.584. The molecular weight excluding hydrogens is 322 g/mol. The Morgan fingerprint density at radius 3 is 2.54 bits per heavy atom. The average molecular weight is 347 g/mol. The van der Waals surface area contributed by atoms with Crippen molar-refractivity contribution in [1.29, 1.82) is 0 Å². The maximum absolute atomic E-state index is 5.55. The highest BCUT2D eigenvalue weighted by Crippen LogP contribution is 2.34. The number of likely N-dealkylation sites (tertiary alicyclic amines) is 1. The van der Waals surface area contributed by atoms with Crippen LogP contribution in [0.5, 0.6) is 5.75 Å². The number of nitrogens with zero attached hydrogens (tertiary/aromatic N) is 2. The summed E-state index contributed by atoms with van der Waals surface area (Å²) in [4.78, 5) is 2.53. The van der Waals surface area contributed by atoms with Crippen LogP contribution in [0.3, 0.4) is 0 Å². The van der Waals surface area contributed by atoms with Gasteiger partial charge in [0.15, 0.2) is 0 Å². The fraction of sp³-hybridized carbons (Fsp3) is 0.318. The molecule has 0 aliphatic carbocycles. The normalized spacial score (nSPS) is 15.9. The molecule has 1 saturated heterocycles. The van der Waals surface area contributed by atoms with Gasteiger partial charge in [0, 0.05) is 12.1 Å². The molecule has 1 aliphatic rings. The Bertz CT molecular complexity index is 835. The second-order valence-corrected chi connectivity index (χ2v) is 6.93. The van der Waals surface area contributed by atoms with Gasteiger partial charge in [-0.25, -0.2) is 0 Å². The first kappa shape index (κ1) is 16.9. The van der Waals surface area contributed by atoms with Crippen molar-refractivity contribution in [1.82, 2.24) is 15.1 Å². The Hall–Kier alpha value is -2.59. The van der Waals surface area contributed by atoms with Crippen molar-refractivity contribution in [3.63, 3.8) is 0 Å². The fourth-order valence-electron chi connectivity index (χ4n) is 3.93. The van der Waals surface area contributed by atoms with E-state index in [2.05, 4.69) is 57.6 Å². The highest BCUT2D eigenvalue weighted by molar-refractivity contribution is 5.62. The molecule has 1 fully saturated rings. The van der Waals surface area contributed by atoms with Crippen LogP contribution in [0.25, 0.3) is 11.3 Å². The van der Waals surface area contributed by atoms with Crippen LogP contribution in [0.1, 0.15) is 29.9 Å². The number of nitrogens with one attached hydrogen (secondary N) is 1. The van der Waals surface area contributed by atoms with Gasteiger partial charge >= 0.3 is 0 Å². The lowest BCUT2D eigenvalue weighted by Gasteiger charge is -2.32. The second-order valence-electron chi connectivity index (χ2n) is 6.93. The van der Waals surface area contributed by atoms with Crippen molar-refractivity contribution >= 4 is 0 Å². The smallest absolute Gasteiger partial charge is 0.122 e. The number of H-pyrrole nitrogens is 1. The van der Waals surface area contributed by atoms with Crippen molar-refractivity contribution in [2.45, 2.75) is 25.3 Å². The number of aromatic nitrogens is 2. The van der Waals surface area contributed by atoms with E-state index in [9.17, 15) is 0 Å². The first-order valence-electron chi connectivity index (χ1n) is 9.28. The van der Waals surface area contributed by atoms with Crippen LogP contribution in [-0.2, 0) is 6.54 Å². The van der Waals surface area contributed by atoms with E-state index in [0.717, 1.165) is 31.1 Å². The van der Waals surface area contributed by atoms with Crippen LogP contribution in [-0.4, -0.2) is 35.3 Å². The third-order valence-corrected chi connectivity index (χ3v) is 5.34. The number of ether oxygens (including phenoxy) is 1. The number of methoxy groups -OCH3 is 1. The summed E-state index contributed by atoms with van der Waals surface area (Å²) in [5.74, 6) is 1.60. The number of hydrogen-bond donors (Lipinski definition) is 1. The van der Waals surface area contributed by atoms with E-state index in [1.54, 1.807) is 7.11 Å². The van der Waals surface area contributed by atoms with Crippen LogP contribution in [0.2, 0.25) is 0 Å². The summed E-state index contributed by atoms with van der Waals surface area (Å²) >= 11 is 0. The molecule has 134 valence electrons. The van der Waals surface area contributed by atoms with Gasteiger partial charge < -0.3 is 4.74 Å².